The molecule has 0 saturated carbocycles. The molecule has 0 unspecified atom stereocenters. The smallest absolute Gasteiger partial charge is 0.311 e. The molecular formula is C36H42O7S. The average molecular weight is 619 g/mol. The second kappa shape index (κ2) is 14.5. The molecule has 2 atom stereocenters. The van der Waals surface area contributed by atoms with Gasteiger partial charge in [0.15, 0.2) is 0 Å². The van der Waals surface area contributed by atoms with E-state index in [4.69, 9.17) is 23.7 Å². The number of methoxy groups -OCH3 is 1. The van der Waals surface area contributed by atoms with E-state index in [1.54, 1.807) is 32.7 Å². The van der Waals surface area contributed by atoms with Crippen LogP contribution < -0.4 is 9.47 Å². The van der Waals surface area contributed by atoms with Crippen LogP contribution in [0.5, 0.6) is 11.5 Å². The van der Waals surface area contributed by atoms with Gasteiger partial charge < -0.3 is 23.7 Å². The maximum Gasteiger partial charge on any atom is 0.311 e. The fourth-order valence-corrected chi connectivity index (χ4v) is 7.32. The second-order valence-corrected chi connectivity index (χ2v) is 12.9. The molecule has 0 spiro atoms. The molecule has 1 heterocycles. The van der Waals surface area contributed by atoms with Crippen molar-refractivity contribution in [3.8, 4) is 22.6 Å². The number of aryl methyl sites for hydroxylation is 2. The van der Waals surface area contributed by atoms with Crippen LogP contribution in [0, 0.1) is 19.8 Å². The summed E-state index contributed by atoms with van der Waals surface area (Å²) >= 11 is 1.73. The van der Waals surface area contributed by atoms with Crippen molar-refractivity contribution in [2.75, 3.05) is 32.9 Å². The number of fused-ring (bicyclic) bond motifs is 2. The summed E-state index contributed by atoms with van der Waals surface area (Å²) in [4.78, 5) is 25.1. The highest BCUT2D eigenvalue weighted by atomic mass is 32.2. The van der Waals surface area contributed by atoms with E-state index in [2.05, 4.69) is 56.3 Å². The molecule has 0 radical (unpaired) electrons. The third-order valence-corrected chi connectivity index (χ3v) is 9.44. The summed E-state index contributed by atoms with van der Waals surface area (Å²) < 4.78 is 27.8. The minimum absolute atomic E-state index is 0.0160. The van der Waals surface area contributed by atoms with E-state index >= 15 is 0 Å². The van der Waals surface area contributed by atoms with Gasteiger partial charge in [-0.2, -0.15) is 0 Å². The summed E-state index contributed by atoms with van der Waals surface area (Å²) in [5.74, 6) is 1.58. The lowest BCUT2D eigenvalue weighted by Crippen LogP contribution is -2.17. The SMILES string of the molecule is COCCCOc1cc(C)c(-c2cccc3c2CC[C@H]3Oc2ccc3c(c2)SC[C@H]3CC(=O)OCOC(=O)C(C)C)c(C)c1. The minimum atomic E-state index is -0.382. The standard InChI is InChI=1S/C36H42O7S/c1-22(2)36(38)42-21-41-34(37)18-25-20-44-33-19-26(10-11-28(25)33)43-32-13-12-29-30(32)8-6-9-31(29)35-23(3)16-27(17-24(35)4)40-15-7-14-39-5/h6,8-11,16-17,19,22,25,32H,7,12-15,18,20-21H2,1-5H3/t25-,32-/m1/s1. The predicted octanol–water partition coefficient (Wildman–Crippen LogP) is 7.73. The van der Waals surface area contributed by atoms with E-state index in [1.807, 2.05) is 6.07 Å². The average Bonchev–Trinajstić information content (AvgIpc) is 3.59. The highest BCUT2D eigenvalue weighted by Gasteiger charge is 2.30. The Kier molecular flexibility index (Phi) is 10.5. The number of rotatable bonds is 13. The van der Waals surface area contributed by atoms with Crippen LogP contribution in [-0.4, -0.2) is 44.8 Å². The molecule has 44 heavy (non-hydrogen) atoms. The maximum atomic E-state index is 12.4. The molecule has 0 fully saturated rings. The van der Waals surface area contributed by atoms with Crippen molar-refractivity contribution < 1.29 is 33.3 Å². The van der Waals surface area contributed by atoms with Crippen molar-refractivity contribution in [1.29, 1.82) is 0 Å². The number of thioether (sulfide) groups is 1. The minimum Gasteiger partial charge on any atom is -0.493 e. The van der Waals surface area contributed by atoms with Gasteiger partial charge in [0.2, 0.25) is 6.79 Å². The van der Waals surface area contributed by atoms with Crippen molar-refractivity contribution in [3.63, 3.8) is 0 Å². The molecule has 1 aliphatic carbocycles. The Hall–Kier alpha value is -3.49. The third kappa shape index (κ3) is 7.41. The molecule has 3 aromatic rings. The van der Waals surface area contributed by atoms with E-state index in [1.165, 1.54) is 33.4 Å². The zero-order valence-corrected chi connectivity index (χ0v) is 27.1. The summed E-state index contributed by atoms with van der Waals surface area (Å²) in [6.45, 7) is 8.78. The van der Waals surface area contributed by atoms with Gasteiger partial charge in [-0.15, -0.1) is 11.8 Å². The van der Waals surface area contributed by atoms with Crippen molar-refractivity contribution in [2.24, 2.45) is 5.92 Å². The van der Waals surface area contributed by atoms with E-state index < -0.39 is 0 Å². The number of benzene rings is 3. The zero-order valence-electron chi connectivity index (χ0n) is 26.3. The molecule has 0 aromatic heterocycles. The van der Waals surface area contributed by atoms with Gasteiger partial charge in [-0.05, 0) is 89.9 Å². The summed E-state index contributed by atoms with van der Waals surface area (Å²) in [5.41, 5.74) is 8.67. The summed E-state index contributed by atoms with van der Waals surface area (Å²) in [7, 11) is 1.71. The normalized spacial score (nSPS) is 16.9. The number of ether oxygens (including phenoxy) is 5. The van der Waals surface area contributed by atoms with Crippen LogP contribution in [0.3, 0.4) is 0 Å². The lowest BCUT2D eigenvalue weighted by atomic mass is 9.90. The van der Waals surface area contributed by atoms with Gasteiger partial charge in [-0.1, -0.05) is 38.1 Å². The summed E-state index contributed by atoms with van der Waals surface area (Å²) in [5, 5.41) is 0. The van der Waals surface area contributed by atoms with Crippen LogP contribution in [0.2, 0.25) is 0 Å². The lowest BCUT2D eigenvalue weighted by molar-refractivity contribution is -0.169. The van der Waals surface area contributed by atoms with Crippen molar-refractivity contribution in [1.82, 2.24) is 0 Å². The molecule has 0 N–H and O–H groups in total. The number of hydrogen-bond donors (Lipinski definition) is 0. The van der Waals surface area contributed by atoms with Gasteiger partial charge in [-0.3, -0.25) is 9.59 Å². The lowest BCUT2D eigenvalue weighted by Gasteiger charge is -2.19. The first-order valence-corrected chi connectivity index (χ1v) is 16.3. The van der Waals surface area contributed by atoms with Crippen LogP contribution in [0.15, 0.2) is 53.4 Å². The van der Waals surface area contributed by atoms with E-state index in [-0.39, 0.29) is 43.1 Å². The first-order chi connectivity index (χ1) is 21.2. The first kappa shape index (κ1) is 31.9. The van der Waals surface area contributed by atoms with E-state index in [0.717, 1.165) is 47.0 Å². The molecule has 1 aliphatic heterocycles. The highest BCUT2D eigenvalue weighted by molar-refractivity contribution is 7.99. The molecule has 3 aromatic carbocycles. The maximum absolute atomic E-state index is 12.4. The van der Waals surface area contributed by atoms with E-state index in [0.29, 0.717) is 13.2 Å². The van der Waals surface area contributed by atoms with Gasteiger partial charge in [0.1, 0.15) is 17.6 Å². The molecule has 0 bridgehead atoms. The van der Waals surface area contributed by atoms with Gasteiger partial charge in [0, 0.05) is 36.7 Å². The highest BCUT2D eigenvalue weighted by Crippen LogP contribution is 2.46. The van der Waals surface area contributed by atoms with Gasteiger partial charge in [0.25, 0.3) is 0 Å². The fraction of sp³-hybridized carbons (Fsp3) is 0.444. The zero-order chi connectivity index (χ0) is 31.2. The fourth-order valence-electron chi connectivity index (χ4n) is 6.04. The number of esters is 2. The Morgan fingerprint density at radius 3 is 2.50 bits per heavy atom. The van der Waals surface area contributed by atoms with Crippen LogP contribution in [-0.2, 0) is 30.2 Å². The van der Waals surface area contributed by atoms with Crippen molar-refractivity contribution in [2.45, 2.75) is 70.3 Å². The molecule has 5 rings (SSSR count). The molecule has 2 aliphatic rings. The van der Waals surface area contributed by atoms with Crippen molar-refractivity contribution >= 4 is 23.7 Å². The number of carbonyl (C=O) groups excluding carboxylic acids is 2. The number of hydrogen-bond acceptors (Lipinski definition) is 8. The topological polar surface area (TPSA) is 80.3 Å². The molecule has 0 amide bonds. The van der Waals surface area contributed by atoms with Crippen LogP contribution in [0.25, 0.3) is 11.1 Å². The van der Waals surface area contributed by atoms with E-state index in [9.17, 15) is 9.59 Å². The van der Waals surface area contributed by atoms with Crippen LogP contribution in [0.4, 0.5) is 0 Å². The van der Waals surface area contributed by atoms with Crippen LogP contribution in [0.1, 0.15) is 72.9 Å². The Labute approximate surface area is 264 Å². The third-order valence-electron chi connectivity index (χ3n) is 8.20. The quantitative estimate of drug-likeness (QED) is 0.109. The first-order valence-electron chi connectivity index (χ1n) is 15.4. The van der Waals surface area contributed by atoms with Crippen LogP contribution >= 0.6 is 11.8 Å². The van der Waals surface area contributed by atoms with Crippen molar-refractivity contribution in [3.05, 3.63) is 76.3 Å². The largest absolute Gasteiger partial charge is 0.493 e. The van der Waals surface area contributed by atoms with Gasteiger partial charge in [-0.25, -0.2) is 0 Å². The summed E-state index contributed by atoms with van der Waals surface area (Å²) in [6, 6.07) is 17.0. The molecule has 234 valence electrons. The molecule has 7 nitrogen and oxygen atoms in total. The summed E-state index contributed by atoms with van der Waals surface area (Å²) in [6.07, 6.45) is 2.97. The second-order valence-electron chi connectivity index (χ2n) is 11.8. The Bertz CT molecular complexity index is 1470. The number of carbonyl (C=O) groups is 2. The van der Waals surface area contributed by atoms with Gasteiger partial charge in [0.05, 0.1) is 18.9 Å². The van der Waals surface area contributed by atoms with Gasteiger partial charge >= 0.3 is 11.9 Å². The molecular weight excluding hydrogens is 576 g/mol. The Morgan fingerprint density at radius 1 is 0.955 bits per heavy atom. The predicted molar refractivity (Wildman–Crippen MR) is 171 cm³/mol. The molecule has 0 saturated heterocycles. The monoisotopic (exact) mass is 618 g/mol. The molecule has 8 heteroatoms. The Morgan fingerprint density at radius 2 is 1.75 bits per heavy atom. The Balaban J connectivity index is 1.24.